The van der Waals surface area contributed by atoms with Crippen LogP contribution in [0.4, 0.5) is 5.69 Å². The zero-order chi connectivity index (χ0) is 18.4. The molecule has 0 radical (unpaired) electrons. The second-order valence-electron chi connectivity index (χ2n) is 7.31. The molecule has 1 aliphatic heterocycles. The van der Waals surface area contributed by atoms with Crippen LogP contribution < -0.4 is 16.4 Å². The number of hydrogen-bond acceptors (Lipinski definition) is 4. The minimum absolute atomic E-state index is 0. The van der Waals surface area contributed by atoms with Crippen LogP contribution in [0.5, 0.6) is 0 Å². The molecule has 2 atom stereocenters. The minimum Gasteiger partial charge on any atom is -0.366 e. The lowest BCUT2D eigenvalue weighted by Crippen LogP contribution is -2.34. The van der Waals surface area contributed by atoms with Crippen molar-refractivity contribution in [3.05, 3.63) is 29.3 Å². The van der Waals surface area contributed by atoms with Crippen molar-refractivity contribution in [2.75, 3.05) is 32.5 Å². The summed E-state index contributed by atoms with van der Waals surface area (Å²) < 4.78 is 0. The lowest BCUT2D eigenvalue weighted by molar-refractivity contribution is -0.117. The number of nitrogens with two attached hydrogens (primary N) is 1. The van der Waals surface area contributed by atoms with E-state index in [0.29, 0.717) is 36.1 Å². The molecular formula is C19H32Cl2N4O2. The Morgan fingerprint density at radius 2 is 2.04 bits per heavy atom. The fourth-order valence-corrected chi connectivity index (χ4v) is 3.35. The van der Waals surface area contributed by atoms with Gasteiger partial charge in [0.05, 0.1) is 0 Å². The Kier molecular flexibility index (Phi) is 11.6. The van der Waals surface area contributed by atoms with E-state index >= 15 is 0 Å². The Balaban J connectivity index is 0.00000338. The zero-order valence-electron chi connectivity index (χ0n) is 16.3. The summed E-state index contributed by atoms with van der Waals surface area (Å²) in [4.78, 5) is 26.0. The van der Waals surface area contributed by atoms with Crippen LogP contribution in [0.1, 0.15) is 42.1 Å². The lowest BCUT2D eigenvalue weighted by atomic mass is 9.85. The van der Waals surface area contributed by atoms with Crippen molar-refractivity contribution in [1.29, 1.82) is 0 Å². The number of rotatable bonds is 7. The van der Waals surface area contributed by atoms with Gasteiger partial charge in [0.1, 0.15) is 0 Å². The van der Waals surface area contributed by atoms with Crippen LogP contribution >= 0.6 is 24.8 Å². The van der Waals surface area contributed by atoms with Crippen molar-refractivity contribution in [3.63, 3.8) is 0 Å². The molecule has 0 aromatic heterocycles. The van der Waals surface area contributed by atoms with Crippen molar-refractivity contribution in [2.45, 2.75) is 32.7 Å². The van der Waals surface area contributed by atoms with Gasteiger partial charge in [0, 0.05) is 24.2 Å². The van der Waals surface area contributed by atoms with E-state index in [4.69, 9.17) is 5.73 Å². The van der Waals surface area contributed by atoms with Crippen LogP contribution in [0.2, 0.25) is 0 Å². The van der Waals surface area contributed by atoms with Crippen molar-refractivity contribution >= 4 is 42.3 Å². The predicted octanol–water partition coefficient (Wildman–Crippen LogP) is 2.66. The molecule has 6 nitrogen and oxygen atoms in total. The van der Waals surface area contributed by atoms with Crippen molar-refractivity contribution in [1.82, 2.24) is 10.2 Å². The molecule has 0 spiro atoms. The van der Waals surface area contributed by atoms with Gasteiger partial charge in [-0.3, -0.25) is 9.59 Å². The van der Waals surface area contributed by atoms with Crippen molar-refractivity contribution in [3.8, 4) is 0 Å². The molecule has 2 amide bonds. The van der Waals surface area contributed by atoms with E-state index in [1.54, 1.807) is 12.1 Å². The molecule has 1 aromatic carbocycles. The molecule has 1 saturated heterocycles. The number of nitrogens with zero attached hydrogens (tertiary/aromatic N) is 1. The third kappa shape index (κ3) is 8.05. The van der Waals surface area contributed by atoms with Crippen LogP contribution in [0, 0.1) is 11.8 Å². The number of nitrogens with one attached hydrogen (secondary N) is 2. The summed E-state index contributed by atoms with van der Waals surface area (Å²) in [6.45, 7) is 4.87. The Bertz CT molecular complexity index is 620. The molecule has 1 aliphatic rings. The van der Waals surface area contributed by atoms with Crippen LogP contribution in [-0.4, -0.2) is 43.9 Å². The highest BCUT2D eigenvalue weighted by Crippen LogP contribution is 2.24. The number of benzene rings is 1. The number of anilines is 1. The van der Waals surface area contributed by atoms with E-state index in [9.17, 15) is 9.59 Å². The molecule has 154 valence electrons. The highest BCUT2D eigenvalue weighted by atomic mass is 35.5. The maximum Gasteiger partial charge on any atom is 0.248 e. The zero-order valence-corrected chi connectivity index (χ0v) is 17.9. The Hall–Kier alpha value is -1.34. The molecule has 4 N–H and O–H groups in total. The molecular weight excluding hydrogens is 387 g/mol. The monoisotopic (exact) mass is 418 g/mol. The van der Waals surface area contributed by atoms with Gasteiger partial charge >= 0.3 is 0 Å². The molecule has 0 aliphatic carbocycles. The molecule has 2 unspecified atom stereocenters. The van der Waals surface area contributed by atoms with Gasteiger partial charge in [-0.05, 0) is 69.6 Å². The number of carbonyl (C=O) groups is 2. The maximum atomic E-state index is 12.5. The second-order valence-corrected chi connectivity index (χ2v) is 7.31. The van der Waals surface area contributed by atoms with Gasteiger partial charge in [-0.25, -0.2) is 0 Å². The summed E-state index contributed by atoms with van der Waals surface area (Å²) in [5.41, 5.74) is 7.42. The van der Waals surface area contributed by atoms with Gasteiger partial charge in [0.25, 0.3) is 0 Å². The lowest BCUT2D eigenvalue weighted by Gasteiger charge is -2.28. The standard InChI is InChI=1S/C19H30N4O2.2ClH/c1-13(15-5-4-8-21-11-15)9-18(24)22-17-10-14(19(20)25)6-7-16(17)12-23(2)3;;/h6-7,10,13,15,21H,4-5,8-9,11-12H2,1-3H3,(H2,20,25)(H,22,24);2*1H. The quantitative estimate of drug-likeness (QED) is 0.634. The van der Waals surface area contributed by atoms with Crippen LogP contribution in [-0.2, 0) is 11.3 Å². The Morgan fingerprint density at radius 3 is 2.59 bits per heavy atom. The van der Waals surface area contributed by atoms with Gasteiger partial charge in [-0.1, -0.05) is 13.0 Å². The average Bonchev–Trinajstić information content (AvgIpc) is 2.56. The highest BCUT2D eigenvalue weighted by molar-refractivity contribution is 5.97. The summed E-state index contributed by atoms with van der Waals surface area (Å²) in [7, 11) is 3.93. The fourth-order valence-electron chi connectivity index (χ4n) is 3.35. The summed E-state index contributed by atoms with van der Waals surface area (Å²) in [6, 6.07) is 5.23. The van der Waals surface area contributed by atoms with E-state index in [1.165, 1.54) is 12.8 Å². The van der Waals surface area contributed by atoms with Gasteiger partial charge in [0.2, 0.25) is 11.8 Å². The topological polar surface area (TPSA) is 87.5 Å². The van der Waals surface area contributed by atoms with Crippen molar-refractivity contribution < 1.29 is 9.59 Å². The minimum atomic E-state index is -0.492. The molecule has 0 saturated carbocycles. The van der Waals surface area contributed by atoms with Gasteiger partial charge < -0.3 is 21.3 Å². The number of carbonyl (C=O) groups excluding carboxylic acids is 2. The third-order valence-corrected chi connectivity index (χ3v) is 4.80. The summed E-state index contributed by atoms with van der Waals surface area (Å²) in [5, 5.41) is 6.39. The average molecular weight is 419 g/mol. The summed E-state index contributed by atoms with van der Waals surface area (Å²) >= 11 is 0. The normalized spacial score (nSPS) is 17.4. The summed E-state index contributed by atoms with van der Waals surface area (Å²) in [6.07, 6.45) is 2.82. The van der Waals surface area contributed by atoms with Crippen LogP contribution in [0.3, 0.4) is 0 Å². The molecule has 0 bridgehead atoms. The number of piperidine rings is 1. The smallest absolute Gasteiger partial charge is 0.248 e. The van der Waals surface area contributed by atoms with Gasteiger partial charge in [-0.2, -0.15) is 0 Å². The van der Waals surface area contributed by atoms with E-state index in [2.05, 4.69) is 17.6 Å². The molecule has 2 rings (SSSR count). The summed E-state index contributed by atoms with van der Waals surface area (Å²) in [5.74, 6) is 0.357. The van der Waals surface area contributed by atoms with Gasteiger partial charge in [-0.15, -0.1) is 24.8 Å². The van der Waals surface area contributed by atoms with Gasteiger partial charge in [0.15, 0.2) is 0 Å². The maximum absolute atomic E-state index is 12.5. The molecule has 1 aromatic rings. The second kappa shape index (κ2) is 12.2. The largest absolute Gasteiger partial charge is 0.366 e. The van der Waals surface area contributed by atoms with E-state index in [-0.39, 0.29) is 30.7 Å². The van der Waals surface area contributed by atoms with Crippen LogP contribution in [0.15, 0.2) is 18.2 Å². The Morgan fingerprint density at radius 1 is 1.33 bits per heavy atom. The first-order chi connectivity index (χ1) is 11.9. The molecule has 27 heavy (non-hydrogen) atoms. The first-order valence-corrected chi connectivity index (χ1v) is 8.95. The van der Waals surface area contributed by atoms with Crippen LogP contribution in [0.25, 0.3) is 0 Å². The van der Waals surface area contributed by atoms with E-state index < -0.39 is 5.91 Å². The molecule has 1 fully saturated rings. The predicted molar refractivity (Wildman–Crippen MR) is 115 cm³/mol. The molecule has 8 heteroatoms. The number of amides is 2. The number of primary amides is 1. The first-order valence-electron chi connectivity index (χ1n) is 8.95. The molecule has 1 heterocycles. The number of halogens is 2. The third-order valence-electron chi connectivity index (χ3n) is 4.80. The Labute approximate surface area is 174 Å². The van der Waals surface area contributed by atoms with E-state index in [0.717, 1.165) is 18.7 Å². The SMILES string of the molecule is CC(CC(=O)Nc1cc(C(N)=O)ccc1CN(C)C)C1CCCNC1.Cl.Cl. The van der Waals surface area contributed by atoms with E-state index in [1.807, 2.05) is 25.1 Å². The van der Waals surface area contributed by atoms with Crippen molar-refractivity contribution in [2.24, 2.45) is 17.6 Å². The fraction of sp³-hybridized carbons (Fsp3) is 0.579. The first kappa shape index (κ1) is 25.7. The highest BCUT2D eigenvalue weighted by Gasteiger charge is 2.22. The number of hydrogen-bond donors (Lipinski definition) is 3.